The van der Waals surface area contributed by atoms with Crippen molar-refractivity contribution in [1.29, 1.82) is 0 Å². The van der Waals surface area contributed by atoms with E-state index in [0.717, 1.165) is 30.8 Å². The van der Waals surface area contributed by atoms with E-state index in [1.165, 1.54) is 11.3 Å². The number of thiophene rings is 1. The van der Waals surface area contributed by atoms with Crippen LogP contribution in [0.5, 0.6) is 0 Å². The minimum Gasteiger partial charge on any atom is -0.383 e. The zero-order valence-electron chi connectivity index (χ0n) is 12.0. The van der Waals surface area contributed by atoms with E-state index < -0.39 is 10.0 Å². The van der Waals surface area contributed by atoms with Gasteiger partial charge in [-0.15, -0.1) is 11.3 Å². The van der Waals surface area contributed by atoms with Gasteiger partial charge in [-0.2, -0.15) is 4.31 Å². The Bertz CT molecular complexity index is 523. The van der Waals surface area contributed by atoms with Gasteiger partial charge in [0.25, 0.3) is 0 Å². The van der Waals surface area contributed by atoms with Gasteiger partial charge in [0.15, 0.2) is 0 Å². The molecule has 7 heteroatoms. The van der Waals surface area contributed by atoms with Crippen LogP contribution in [0.2, 0.25) is 0 Å². The molecule has 1 aromatic heterocycles. The third-order valence-corrected chi connectivity index (χ3v) is 6.27. The number of nitrogens with one attached hydrogen (secondary N) is 1. The van der Waals surface area contributed by atoms with Crippen LogP contribution in [-0.2, 0) is 21.3 Å². The van der Waals surface area contributed by atoms with Gasteiger partial charge in [0, 0.05) is 36.5 Å². The van der Waals surface area contributed by atoms with Crippen LogP contribution in [0.4, 0.5) is 0 Å². The third-order valence-electron chi connectivity index (χ3n) is 3.26. The molecule has 1 heterocycles. The van der Waals surface area contributed by atoms with Gasteiger partial charge in [-0.25, -0.2) is 8.42 Å². The summed E-state index contributed by atoms with van der Waals surface area (Å²) in [7, 11) is -1.78. The van der Waals surface area contributed by atoms with Crippen LogP contribution < -0.4 is 5.32 Å². The molecule has 0 saturated heterocycles. The molecule has 0 aromatic carbocycles. The summed E-state index contributed by atoms with van der Waals surface area (Å²) in [6.07, 6.45) is 1.91. The average Bonchev–Trinajstić information content (AvgIpc) is 3.13. The average molecular weight is 318 g/mol. The van der Waals surface area contributed by atoms with Crippen molar-refractivity contribution in [1.82, 2.24) is 9.62 Å². The topological polar surface area (TPSA) is 58.6 Å². The molecule has 1 aliphatic carbocycles. The maximum Gasteiger partial charge on any atom is 0.244 e. The molecule has 0 unspecified atom stereocenters. The fraction of sp³-hybridized carbons (Fsp3) is 0.692. The van der Waals surface area contributed by atoms with Crippen molar-refractivity contribution >= 4 is 21.4 Å². The molecule has 0 radical (unpaired) electrons. The molecule has 5 nitrogen and oxygen atoms in total. The number of hydrogen-bond acceptors (Lipinski definition) is 5. The lowest BCUT2D eigenvalue weighted by molar-refractivity contribution is 0.177. The molecule has 1 saturated carbocycles. The second-order valence-electron chi connectivity index (χ2n) is 4.87. The fourth-order valence-corrected chi connectivity index (χ4v) is 4.92. The minimum absolute atomic E-state index is 0.160. The molecule has 114 valence electrons. The van der Waals surface area contributed by atoms with E-state index in [1.807, 2.05) is 6.92 Å². The summed E-state index contributed by atoms with van der Waals surface area (Å²) in [5.74, 6) is 0. The smallest absolute Gasteiger partial charge is 0.244 e. The van der Waals surface area contributed by atoms with Crippen LogP contribution in [-0.4, -0.2) is 45.6 Å². The Hall–Kier alpha value is -0.470. The predicted octanol–water partition coefficient (Wildman–Crippen LogP) is 1.66. The predicted molar refractivity (Wildman–Crippen MR) is 80.5 cm³/mol. The Labute approximate surface area is 125 Å². The first kappa shape index (κ1) is 15.9. The monoisotopic (exact) mass is 318 g/mol. The zero-order valence-corrected chi connectivity index (χ0v) is 13.6. The lowest BCUT2D eigenvalue weighted by atomic mass is 10.4. The summed E-state index contributed by atoms with van der Waals surface area (Å²) < 4.78 is 31.9. The largest absolute Gasteiger partial charge is 0.383 e. The standard InChI is InChI=1S/C13H22N2O3S2/c1-3-14-9-12-8-13(10-19-12)20(16,17)15(6-7-18-2)11-4-5-11/h8,10-11,14H,3-7,9H2,1-2H3. The number of methoxy groups -OCH3 is 1. The van der Waals surface area contributed by atoms with Gasteiger partial charge in [-0.05, 0) is 25.5 Å². The Morgan fingerprint density at radius 1 is 1.50 bits per heavy atom. The second-order valence-corrected chi connectivity index (χ2v) is 7.76. The van der Waals surface area contributed by atoms with Crippen LogP contribution in [0.25, 0.3) is 0 Å². The number of ether oxygens (including phenoxy) is 1. The van der Waals surface area contributed by atoms with Crippen molar-refractivity contribution in [2.75, 3.05) is 26.8 Å². The Morgan fingerprint density at radius 3 is 2.85 bits per heavy atom. The molecule has 1 N–H and O–H groups in total. The fourth-order valence-electron chi connectivity index (χ4n) is 2.01. The molecular formula is C13H22N2O3S2. The van der Waals surface area contributed by atoms with Gasteiger partial charge in [-0.3, -0.25) is 0 Å². The van der Waals surface area contributed by atoms with Crippen molar-refractivity contribution in [3.63, 3.8) is 0 Å². The quantitative estimate of drug-likeness (QED) is 0.752. The highest BCUT2D eigenvalue weighted by Crippen LogP contribution is 2.33. The Morgan fingerprint density at radius 2 is 2.25 bits per heavy atom. The molecule has 0 spiro atoms. The maximum absolute atomic E-state index is 12.7. The lowest BCUT2D eigenvalue weighted by Gasteiger charge is -2.20. The molecule has 2 rings (SSSR count). The van der Waals surface area contributed by atoms with Gasteiger partial charge in [0.05, 0.1) is 11.5 Å². The van der Waals surface area contributed by atoms with Gasteiger partial charge in [0.1, 0.15) is 0 Å². The van der Waals surface area contributed by atoms with Gasteiger partial charge in [0.2, 0.25) is 10.0 Å². The molecule has 0 atom stereocenters. The summed E-state index contributed by atoms with van der Waals surface area (Å²) in [6, 6.07) is 1.94. The first-order valence-corrected chi connectivity index (χ1v) is 9.20. The van der Waals surface area contributed by atoms with E-state index in [1.54, 1.807) is 22.9 Å². The molecule has 1 aliphatic rings. The van der Waals surface area contributed by atoms with Crippen molar-refractivity contribution < 1.29 is 13.2 Å². The SMILES string of the molecule is CCNCc1cc(S(=O)(=O)N(CCOC)C2CC2)cs1. The number of nitrogens with zero attached hydrogens (tertiary/aromatic N) is 1. The molecular weight excluding hydrogens is 296 g/mol. The normalized spacial score (nSPS) is 15.9. The van der Waals surface area contributed by atoms with Crippen LogP contribution in [0.3, 0.4) is 0 Å². The maximum atomic E-state index is 12.7. The lowest BCUT2D eigenvalue weighted by Crippen LogP contribution is -2.35. The van der Waals surface area contributed by atoms with E-state index in [2.05, 4.69) is 5.32 Å². The first-order valence-electron chi connectivity index (χ1n) is 6.88. The Kier molecular flexibility index (Phi) is 5.57. The first-order chi connectivity index (χ1) is 9.59. The minimum atomic E-state index is -3.38. The zero-order chi connectivity index (χ0) is 14.6. The highest BCUT2D eigenvalue weighted by Gasteiger charge is 2.38. The van der Waals surface area contributed by atoms with Crippen molar-refractivity contribution in [2.24, 2.45) is 0 Å². The summed E-state index contributed by atoms with van der Waals surface area (Å²) in [5.41, 5.74) is 0. The van der Waals surface area contributed by atoms with Crippen LogP contribution in [0, 0.1) is 0 Å². The van der Waals surface area contributed by atoms with Crippen molar-refractivity contribution in [2.45, 2.75) is 37.2 Å². The van der Waals surface area contributed by atoms with Crippen LogP contribution >= 0.6 is 11.3 Å². The van der Waals surface area contributed by atoms with E-state index in [-0.39, 0.29) is 6.04 Å². The van der Waals surface area contributed by atoms with E-state index in [4.69, 9.17) is 4.74 Å². The molecule has 1 fully saturated rings. The van der Waals surface area contributed by atoms with E-state index in [9.17, 15) is 8.42 Å². The summed E-state index contributed by atoms with van der Waals surface area (Å²) in [5, 5.41) is 4.95. The molecule has 0 amide bonds. The molecule has 0 bridgehead atoms. The van der Waals surface area contributed by atoms with Crippen LogP contribution in [0.15, 0.2) is 16.3 Å². The van der Waals surface area contributed by atoms with Crippen molar-refractivity contribution in [3.8, 4) is 0 Å². The van der Waals surface area contributed by atoms with Gasteiger partial charge in [-0.1, -0.05) is 6.92 Å². The Balaban J connectivity index is 2.12. The van der Waals surface area contributed by atoms with E-state index in [0.29, 0.717) is 18.0 Å². The summed E-state index contributed by atoms with van der Waals surface area (Å²) in [6.45, 7) is 4.50. The summed E-state index contributed by atoms with van der Waals surface area (Å²) >= 11 is 1.49. The third kappa shape index (κ3) is 3.79. The number of rotatable bonds is 9. The molecule has 1 aromatic rings. The van der Waals surface area contributed by atoms with Crippen molar-refractivity contribution in [3.05, 3.63) is 16.3 Å². The molecule has 20 heavy (non-hydrogen) atoms. The highest BCUT2D eigenvalue weighted by atomic mass is 32.2. The summed E-state index contributed by atoms with van der Waals surface area (Å²) in [4.78, 5) is 1.46. The van der Waals surface area contributed by atoms with Gasteiger partial charge >= 0.3 is 0 Å². The van der Waals surface area contributed by atoms with Gasteiger partial charge < -0.3 is 10.1 Å². The van der Waals surface area contributed by atoms with E-state index >= 15 is 0 Å². The number of sulfonamides is 1. The highest BCUT2D eigenvalue weighted by molar-refractivity contribution is 7.89. The van der Waals surface area contributed by atoms with Crippen LogP contribution in [0.1, 0.15) is 24.6 Å². The molecule has 0 aliphatic heterocycles. The second kappa shape index (κ2) is 7.00. The number of hydrogen-bond donors (Lipinski definition) is 1.